The number of carbonyl (C=O) groups excluding carboxylic acids is 2. The van der Waals surface area contributed by atoms with Crippen LogP contribution < -0.4 is 10.2 Å². The van der Waals surface area contributed by atoms with Gasteiger partial charge in [0, 0.05) is 38.3 Å². The van der Waals surface area contributed by atoms with Crippen molar-refractivity contribution in [2.45, 2.75) is 6.54 Å². The molecule has 1 atom stereocenters. The summed E-state index contributed by atoms with van der Waals surface area (Å²) in [6.45, 7) is 0.411. The van der Waals surface area contributed by atoms with Crippen LogP contribution >= 0.6 is 0 Å². The highest BCUT2D eigenvalue weighted by atomic mass is 16.2. The molecule has 0 saturated heterocycles. The molecule has 1 unspecified atom stereocenters. The van der Waals surface area contributed by atoms with Crippen molar-refractivity contribution >= 4 is 23.7 Å². The van der Waals surface area contributed by atoms with Crippen LogP contribution in [0.2, 0.25) is 0 Å². The molecule has 0 radical (unpaired) electrons. The molecule has 0 spiro atoms. The molecule has 0 bridgehead atoms. The minimum Gasteiger partial charge on any atom is -0.326 e. The third-order valence-electron chi connectivity index (χ3n) is 4.24. The summed E-state index contributed by atoms with van der Waals surface area (Å²) in [4.78, 5) is 27.7. The zero-order valence-electron chi connectivity index (χ0n) is 13.8. The predicted octanol–water partition coefficient (Wildman–Crippen LogP) is 2.96. The Bertz CT molecular complexity index is 825. The van der Waals surface area contributed by atoms with Crippen molar-refractivity contribution in [1.29, 1.82) is 0 Å². The molecular formula is C19H20N3O2+. The van der Waals surface area contributed by atoms with Gasteiger partial charge < -0.3 is 5.73 Å². The molecular weight excluding hydrogens is 302 g/mol. The first kappa shape index (κ1) is 16.1. The molecule has 3 amide bonds. The van der Waals surface area contributed by atoms with Crippen LogP contribution in [-0.2, 0) is 6.54 Å². The summed E-state index contributed by atoms with van der Waals surface area (Å²) in [5, 5.41) is 0. The molecule has 0 saturated carbocycles. The second-order valence-corrected chi connectivity index (χ2v) is 5.98. The van der Waals surface area contributed by atoms with Gasteiger partial charge in [0.1, 0.15) is 6.20 Å². The van der Waals surface area contributed by atoms with Crippen molar-refractivity contribution in [3.63, 3.8) is 0 Å². The lowest BCUT2D eigenvalue weighted by Gasteiger charge is -2.29. The van der Waals surface area contributed by atoms with Gasteiger partial charge in [-0.15, -0.1) is 4.48 Å². The van der Waals surface area contributed by atoms with E-state index in [0.717, 1.165) is 11.1 Å². The first-order valence-electron chi connectivity index (χ1n) is 7.74. The maximum absolute atomic E-state index is 13.3. The van der Waals surface area contributed by atoms with E-state index >= 15 is 0 Å². The number of nitrogens with two attached hydrogens (primary N) is 1. The Labute approximate surface area is 141 Å². The molecule has 2 N–H and O–H groups in total. The Balaban J connectivity index is 2.15. The van der Waals surface area contributed by atoms with Gasteiger partial charge >= 0.3 is 11.9 Å². The van der Waals surface area contributed by atoms with Crippen LogP contribution in [0, 0.1) is 0 Å². The Morgan fingerprint density at radius 1 is 1.04 bits per heavy atom. The summed E-state index contributed by atoms with van der Waals surface area (Å²) < 4.78 is -0.467. The second-order valence-electron chi connectivity index (χ2n) is 5.98. The van der Waals surface area contributed by atoms with E-state index in [4.69, 9.17) is 5.73 Å². The maximum Gasteiger partial charge on any atom is 0.436 e. The quantitative estimate of drug-likeness (QED) is 0.865. The molecule has 5 heteroatoms. The van der Waals surface area contributed by atoms with Gasteiger partial charge in [0.15, 0.2) is 5.69 Å². The van der Waals surface area contributed by atoms with E-state index < -0.39 is 4.48 Å². The fraction of sp³-hybridized carbons (Fsp3) is 0.158. The number of carbonyl (C=O) groups is 2. The Hall–Kier alpha value is -2.76. The van der Waals surface area contributed by atoms with Crippen LogP contribution in [0.4, 0.5) is 10.5 Å². The van der Waals surface area contributed by atoms with E-state index in [-0.39, 0.29) is 11.9 Å². The normalized spacial score (nSPS) is 18.3. The van der Waals surface area contributed by atoms with E-state index in [0.29, 0.717) is 17.8 Å². The lowest BCUT2D eigenvalue weighted by atomic mass is 10.1. The van der Waals surface area contributed by atoms with Gasteiger partial charge in [-0.3, -0.25) is 4.90 Å². The van der Waals surface area contributed by atoms with Gasteiger partial charge in [-0.05, 0) is 23.8 Å². The predicted molar refractivity (Wildman–Crippen MR) is 95.0 cm³/mol. The molecule has 122 valence electrons. The van der Waals surface area contributed by atoms with Crippen LogP contribution in [0.1, 0.15) is 21.5 Å². The van der Waals surface area contributed by atoms with Crippen molar-refractivity contribution in [3.05, 3.63) is 71.4 Å². The van der Waals surface area contributed by atoms with Gasteiger partial charge in [0.05, 0.1) is 5.56 Å². The van der Waals surface area contributed by atoms with Gasteiger partial charge in [-0.1, -0.05) is 24.3 Å². The molecule has 3 rings (SSSR count). The Morgan fingerprint density at radius 3 is 2.33 bits per heavy atom. The fourth-order valence-electron chi connectivity index (χ4n) is 2.96. The van der Waals surface area contributed by atoms with Gasteiger partial charge in [-0.2, -0.15) is 0 Å². The van der Waals surface area contributed by atoms with E-state index in [1.807, 2.05) is 42.5 Å². The Morgan fingerprint density at radius 2 is 1.71 bits per heavy atom. The van der Waals surface area contributed by atoms with Crippen LogP contribution in [0.3, 0.4) is 0 Å². The number of fused-ring (bicyclic) bond motifs is 1. The minimum absolute atomic E-state index is 0.279. The van der Waals surface area contributed by atoms with Crippen molar-refractivity contribution in [2.75, 3.05) is 14.1 Å². The SMILES string of the molecule is CN(C)C(=O)[N+]1(C(=O)c2ccc(CN)cc2)C=Cc2ccccc21. The molecule has 1 aliphatic rings. The third-order valence-corrected chi connectivity index (χ3v) is 4.24. The number of benzene rings is 2. The molecule has 2 aromatic rings. The molecule has 1 aliphatic heterocycles. The lowest BCUT2D eigenvalue weighted by molar-refractivity contribution is 0.0841. The zero-order chi connectivity index (χ0) is 17.3. The largest absolute Gasteiger partial charge is 0.436 e. The smallest absolute Gasteiger partial charge is 0.326 e. The summed E-state index contributed by atoms with van der Waals surface area (Å²) in [5.74, 6) is -0.279. The number of amides is 3. The fourth-order valence-corrected chi connectivity index (χ4v) is 2.96. The minimum atomic E-state index is -0.467. The Kier molecular flexibility index (Phi) is 4.05. The first-order chi connectivity index (χ1) is 11.5. The summed E-state index contributed by atoms with van der Waals surface area (Å²) in [5.41, 5.74) is 8.57. The van der Waals surface area contributed by atoms with Gasteiger partial charge in [0.25, 0.3) is 0 Å². The number of hydrogen-bond donors (Lipinski definition) is 1. The van der Waals surface area contributed by atoms with Crippen molar-refractivity contribution in [1.82, 2.24) is 9.38 Å². The van der Waals surface area contributed by atoms with Crippen molar-refractivity contribution < 1.29 is 9.59 Å². The molecule has 24 heavy (non-hydrogen) atoms. The summed E-state index contributed by atoms with van der Waals surface area (Å²) >= 11 is 0. The number of para-hydroxylation sites is 1. The highest BCUT2D eigenvalue weighted by Gasteiger charge is 2.51. The maximum atomic E-state index is 13.3. The number of imide groups is 1. The van der Waals surface area contributed by atoms with Crippen LogP contribution in [-0.4, -0.2) is 30.9 Å². The van der Waals surface area contributed by atoms with Gasteiger partial charge in [-0.25, -0.2) is 9.59 Å². The average Bonchev–Trinajstić information content (AvgIpc) is 3.01. The number of quaternary nitrogens is 1. The number of nitrogens with zero attached hydrogens (tertiary/aromatic N) is 2. The zero-order valence-corrected chi connectivity index (χ0v) is 13.8. The highest BCUT2D eigenvalue weighted by Crippen LogP contribution is 2.38. The van der Waals surface area contributed by atoms with Crippen LogP contribution in [0.15, 0.2) is 54.7 Å². The lowest BCUT2D eigenvalue weighted by Crippen LogP contribution is -2.57. The van der Waals surface area contributed by atoms with E-state index in [2.05, 4.69) is 0 Å². The van der Waals surface area contributed by atoms with Crippen molar-refractivity contribution in [3.8, 4) is 0 Å². The topological polar surface area (TPSA) is 63.4 Å². The molecule has 1 heterocycles. The first-order valence-corrected chi connectivity index (χ1v) is 7.74. The van der Waals surface area contributed by atoms with E-state index in [1.165, 1.54) is 4.90 Å². The molecule has 0 fully saturated rings. The van der Waals surface area contributed by atoms with E-state index in [9.17, 15) is 9.59 Å². The van der Waals surface area contributed by atoms with Crippen LogP contribution in [0.25, 0.3) is 6.08 Å². The third kappa shape index (κ3) is 2.35. The number of urea groups is 1. The summed E-state index contributed by atoms with van der Waals surface area (Å²) in [6, 6.07) is 14.2. The number of hydrogen-bond acceptors (Lipinski definition) is 3. The van der Waals surface area contributed by atoms with Crippen LogP contribution in [0.5, 0.6) is 0 Å². The van der Waals surface area contributed by atoms with E-state index in [1.54, 1.807) is 32.4 Å². The van der Waals surface area contributed by atoms with Gasteiger partial charge in [0.2, 0.25) is 0 Å². The highest BCUT2D eigenvalue weighted by molar-refractivity contribution is 6.19. The molecule has 0 aliphatic carbocycles. The monoisotopic (exact) mass is 322 g/mol. The molecule has 5 nitrogen and oxygen atoms in total. The molecule has 0 aromatic heterocycles. The summed E-state index contributed by atoms with van der Waals surface area (Å²) in [7, 11) is 3.31. The summed E-state index contributed by atoms with van der Waals surface area (Å²) in [6.07, 6.45) is 3.48. The van der Waals surface area contributed by atoms with Crippen molar-refractivity contribution in [2.24, 2.45) is 5.73 Å². The number of rotatable bonds is 2. The standard InChI is InChI=1S/C19H20N3O2/c1-21(2)19(24)22(12-11-15-5-3-4-6-17(15)22)18(23)16-9-7-14(13-20)8-10-16/h3-12H,13,20H2,1-2H3/q+1. The second kappa shape index (κ2) is 6.03. The average molecular weight is 322 g/mol. The molecule has 2 aromatic carbocycles.